The van der Waals surface area contributed by atoms with Crippen molar-refractivity contribution in [1.29, 1.82) is 0 Å². The first-order valence-corrected chi connectivity index (χ1v) is 11.9. The second-order valence-corrected chi connectivity index (χ2v) is 10.7. The van der Waals surface area contributed by atoms with Crippen molar-refractivity contribution in [3.8, 4) is 0 Å². The summed E-state index contributed by atoms with van der Waals surface area (Å²) in [6.07, 6.45) is 3.60. The highest BCUT2D eigenvalue weighted by molar-refractivity contribution is 6.05. The maximum Gasteiger partial charge on any atom is 0.234 e. The summed E-state index contributed by atoms with van der Waals surface area (Å²) in [5.41, 5.74) is 5.91. The molecule has 0 spiro atoms. The summed E-state index contributed by atoms with van der Waals surface area (Å²) in [7, 11) is 0. The van der Waals surface area contributed by atoms with Crippen LogP contribution in [0.25, 0.3) is 0 Å². The van der Waals surface area contributed by atoms with E-state index in [0.29, 0.717) is 5.92 Å². The molecule has 1 N–H and O–H groups in total. The molecule has 1 aliphatic heterocycles. The van der Waals surface area contributed by atoms with Gasteiger partial charge in [0.15, 0.2) is 0 Å². The quantitative estimate of drug-likeness (QED) is 0.607. The fourth-order valence-electron chi connectivity index (χ4n) is 5.90. The maximum absolute atomic E-state index is 13.2. The highest BCUT2D eigenvalue weighted by Gasteiger charge is 2.40. The molecule has 1 aliphatic carbocycles. The topological polar surface area (TPSA) is 40.5 Å². The Kier molecular flexibility index (Phi) is 6.00. The monoisotopic (exact) mass is 419 g/mol. The van der Waals surface area contributed by atoms with Gasteiger partial charge in [0, 0.05) is 12.2 Å². The van der Waals surface area contributed by atoms with E-state index in [1.807, 2.05) is 11.0 Å². The van der Waals surface area contributed by atoms with E-state index in [2.05, 4.69) is 71.0 Å². The van der Waals surface area contributed by atoms with Gasteiger partial charge in [-0.15, -0.1) is 0 Å². The second-order valence-electron chi connectivity index (χ2n) is 10.7. The van der Waals surface area contributed by atoms with Gasteiger partial charge in [-0.3, -0.25) is 4.79 Å². The molecule has 0 saturated carbocycles. The molecule has 1 amide bonds. The zero-order valence-corrected chi connectivity index (χ0v) is 19.7. The Labute approximate surface area is 187 Å². The molecule has 4 rings (SSSR count). The van der Waals surface area contributed by atoms with Gasteiger partial charge in [0.25, 0.3) is 0 Å². The van der Waals surface area contributed by atoms with Gasteiger partial charge in [-0.25, -0.2) is 0 Å². The Balaban J connectivity index is 1.45. The molecule has 0 radical (unpaired) electrons. The Hall–Kier alpha value is -2.13. The third-order valence-electron chi connectivity index (χ3n) is 7.69. The summed E-state index contributed by atoms with van der Waals surface area (Å²) in [6, 6.07) is 14.7. The SMILES string of the molecule is Cc1ccc2c(c1)C(C(C)C)C(=O)N2CCCC(C)(C)C1CCc2ccccc2C1O. The number of amides is 1. The number of carbonyl (C=O) groups excluding carboxylic acids is 1. The summed E-state index contributed by atoms with van der Waals surface area (Å²) >= 11 is 0. The van der Waals surface area contributed by atoms with Crippen LogP contribution in [0, 0.1) is 24.2 Å². The average molecular weight is 420 g/mol. The van der Waals surface area contributed by atoms with Gasteiger partial charge in [0.1, 0.15) is 0 Å². The summed E-state index contributed by atoms with van der Waals surface area (Å²) in [4.78, 5) is 15.3. The van der Waals surface area contributed by atoms with Crippen molar-refractivity contribution in [2.24, 2.45) is 17.3 Å². The van der Waals surface area contributed by atoms with Gasteiger partial charge in [-0.05, 0) is 72.6 Å². The number of aliphatic hydroxyl groups is 1. The molecule has 3 nitrogen and oxygen atoms in total. The first-order valence-electron chi connectivity index (χ1n) is 11.9. The Morgan fingerprint density at radius 1 is 1.13 bits per heavy atom. The van der Waals surface area contributed by atoms with E-state index in [1.165, 1.54) is 16.7 Å². The van der Waals surface area contributed by atoms with E-state index in [1.54, 1.807) is 0 Å². The minimum atomic E-state index is -0.401. The van der Waals surface area contributed by atoms with Crippen LogP contribution < -0.4 is 4.90 Å². The van der Waals surface area contributed by atoms with E-state index < -0.39 is 6.10 Å². The summed E-state index contributed by atoms with van der Waals surface area (Å²) in [5.74, 6) is 0.765. The number of carbonyl (C=O) groups is 1. The Bertz CT molecular complexity index is 961. The lowest BCUT2D eigenvalue weighted by Crippen LogP contribution is -2.35. The number of aliphatic hydroxyl groups excluding tert-OH is 1. The maximum atomic E-state index is 13.2. The zero-order chi connectivity index (χ0) is 22.3. The number of hydrogen-bond acceptors (Lipinski definition) is 2. The van der Waals surface area contributed by atoms with Crippen molar-refractivity contribution in [2.75, 3.05) is 11.4 Å². The van der Waals surface area contributed by atoms with Gasteiger partial charge in [0.05, 0.1) is 12.0 Å². The first-order chi connectivity index (χ1) is 14.7. The zero-order valence-electron chi connectivity index (χ0n) is 19.7. The van der Waals surface area contributed by atoms with Crippen LogP contribution in [-0.2, 0) is 11.2 Å². The van der Waals surface area contributed by atoms with Crippen molar-refractivity contribution in [2.45, 2.75) is 72.3 Å². The molecule has 0 saturated heterocycles. The van der Waals surface area contributed by atoms with Crippen LogP contribution in [0.15, 0.2) is 42.5 Å². The predicted octanol–water partition coefficient (Wildman–Crippen LogP) is 6.18. The number of benzene rings is 2. The standard InChI is InChI=1S/C28H37NO2/c1-18(2)25-22-17-19(3)11-14-24(22)29(27(25)31)16-8-15-28(4,5)23-13-12-20-9-6-7-10-21(20)26(23)30/h6-7,9-11,14,17-18,23,25-26,30H,8,12-13,15-16H2,1-5H3. The van der Waals surface area contributed by atoms with E-state index >= 15 is 0 Å². The van der Waals surface area contributed by atoms with Crippen molar-refractivity contribution in [3.05, 3.63) is 64.7 Å². The summed E-state index contributed by atoms with van der Waals surface area (Å²) < 4.78 is 0. The molecule has 2 aromatic carbocycles. The van der Waals surface area contributed by atoms with Crippen LogP contribution in [0.4, 0.5) is 5.69 Å². The van der Waals surface area contributed by atoms with E-state index in [9.17, 15) is 9.90 Å². The molecule has 2 aliphatic rings. The molecular weight excluding hydrogens is 382 g/mol. The third-order valence-corrected chi connectivity index (χ3v) is 7.69. The molecule has 1 heterocycles. The van der Waals surface area contributed by atoms with Gasteiger partial charge < -0.3 is 10.0 Å². The van der Waals surface area contributed by atoms with E-state index in [0.717, 1.165) is 43.5 Å². The smallest absolute Gasteiger partial charge is 0.234 e. The molecule has 3 heteroatoms. The average Bonchev–Trinajstić information content (AvgIpc) is 2.99. The van der Waals surface area contributed by atoms with Crippen LogP contribution >= 0.6 is 0 Å². The first kappa shape index (κ1) is 22.1. The Morgan fingerprint density at radius 3 is 2.61 bits per heavy atom. The van der Waals surface area contributed by atoms with Crippen molar-refractivity contribution >= 4 is 11.6 Å². The molecular formula is C28H37NO2. The van der Waals surface area contributed by atoms with Gasteiger partial charge in [-0.1, -0.05) is 69.7 Å². The highest BCUT2D eigenvalue weighted by Crippen LogP contribution is 2.47. The van der Waals surface area contributed by atoms with Gasteiger partial charge in [0.2, 0.25) is 5.91 Å². The molecule has 3 unspecified atom stereocenters. The third kappa shape index (κ3) is 4.05. The van der Waals surface area contributed by atoms with Gasteiger partial charge in [-0.2, -0.15) is 0 Å². The van der Waals surface area contributed by atoms with E-state index in [-0.39, 0.29) is 23.2 Å². The minimum Gasteiger partial charge on any atom is -0.388 e. The van der Waals surface area contributed by atoms with Crippen LogP contribution in [-0.4, -0.2) is 17.6 Å². The molecule has 166 valence electrons. The molecule has 0 aromatic heterocycles. The van der Waals surface area contributed by atoms with Crippen LogP contribution in [0.3, 0.4) is 0 Å². The molecule has 0 bridgehead atoms. The lowest BCUT2D eigenvalue weighted by molar-refractivity contribution is -0.120. The Morgan fingerprint density at radius 2 is 1.87 bits per heavy atom. The number of anilines is 1. The molecule has 3 atom stereocenters. The van der Waals surface area contributed by atoms with Crippen molar-refractivity contribution in [1.82, 2.24) is 0 Å². The normalized spacial score (nSPS) is 23.3. The van der Waals surface area contributed by atoms with Crippen LogP contribution in [0.2, 0.25) is 0 Å². The van der Waals surface area contributed by atoms with Crippen molar-refractivity contribution < 1.29 is 9.90 Å². The van der Waals surface area contributed by atoms with Crippen molar-refractivity contribution in [3.63, 3.8) is 0 Å². The fraction of sp³-hybridized carbons (Fsp3) is 0.536. The second kappa shape index (κ2) is 8.43. The number of hydrogen-bond donors (Lipinski definition) is 1. The minimum absolute atomic E-state index is 0.0171. The lowest BCUT2D eigenvalue weighted by Gasteiger charge is -2.41. The van der Waals surface area contributed by atoms with Crippen LogP contribution in [0.1, 0.15) is 81.2 Å². The fourth-order valence-corrected chi connectivity index (χ4v) is 5.90. The van der Waals surface area contributed by atoms with Gasteiger partial charge >= 0.3 is 0 Å². The highest BCUT2D eigenvalue weighted by atomic mass is 16.3. The molecule has 2 aromatic rings. The number of aryl methyl sites for hydroxylation is 2. The van der Waals surface area contributed by atoms with Crippen LogP contribution in [0.5, 0.6) is 0 Å². The lowest BCUT2D eigenvalue weighted by atomic mass is 9.66. The number of rotatable bonds is 6. The number of nitrogens with zero attached hydrogens (tertiary/aromatic N) is 1. The molecule has 31 heavy (non-hydrogen) atoms. The summed E-state index contributed by atoms with van der Waals surface area (Å²) in [6.45, 7) is 11.7. The molecule has 0 fully saturated rings. The number of fused-ring (bicyclic) bond motifs is 2. The van der Waals surface area contributed by atoms with E-state index in [4.69, 9.17) is 0 Å². The summed E-state index contributed by atoms with van der Waals surface area (Å²) in [5, 5.41) is 11.1. The predicted molar refractivity (Wildman–Crippen MR) is 127 cm³/mol. The largest absolute Gasteiger partial charge is 0.388 e.